The van der Waals surface area contributed by atoms with E-state index in [2.05, 4.69) is 4.98 Å². The summed E-state index contributed by atoms with van der Waals surface area (Å²) in [5.74, 6) is 1.73. The smallest absolute Gasteiger partial charge is 0.141 e. The fourth-order valence-corrected chi connectivity index (χ4v) is 2.35. The maximum atomic E-state index is 6.22. The van der Waals surface area contributed by atoms with Crippen molar-refractivity contribution in [2.45, 2.75) is 25.8 Å². The molecule has 1 aromatic carbocycles. The van der Waals surface area contributed by atoms with Gasteiger partial charge in [0.2, 0.25) is 0 Å². The van der Waals surface area contributed by atoms with Crippen LogP contribution in [0.5, 0.6) is 5.75 Å². The van der Waals surface area contributed by atoms with E-state index in [9.17, 15) is 0 Å². The minimum Gasteiger partial charge on any atom is -0.491 e. The Labute approximate surface area is 124 Å². The molecular weight excluding hydrogens is 274 g/mol. The minimum absolute atomic E-state index is 0.0744. The minimum atomic E-state index is 0.0744. The lowest BCUT2D eigenvalue weighted by molar-refractivity contribution is 0.314. The van der Waals surface area contributed by atoms with Crippen LogP contribution in [0, 0.1) is 0 Å². The highest BCUT2D eigenvalue weighted by Crippen LogP contribution is 2.29. The largest absolute Gasteiger partial charge is 0.491 e. The van der Waals surface area contributed by atoms with E-state index in [1.165, 1.54) is 0 Å². The molecule has 0 saturated carbocycles. The molecule has 1 atom stereocenters. The number of rotatable bonds is 6. The number of para-hydroxylation sites is 1. The molecule has 0 saturated heterocycles. The Morgan fingerprint density at radius 2 is 2.25 bits per heavy atom. The van der Waals surface area contributed by atoms with Crippen LogP contribution in [-0.4, -0.2) is 22.2 Å². The fourth-order valence-electron chi connectivity index (χ4n) is 2.10. The topological polar surface area (TPSA) is 53.1 Å². The Balaban J connectivity index is 2.03. The van der Waals surface area contributed by atoms with Crippen molar-refractivity contribution in [3.05, 3.63) is 47.0 Å². The summed E-state index contributed by atoms with van der Waals surface area (Å²) in [7, 11) is 1.97. The zero-order valence-corrected chi connectivity index (χ0v) is 12.6. The van der Waals surface area contributed by atoms with Crippen LogP contribution in [-0.2, 0) is 19.9 Å². The highest BCUT2D eigenvalue weighted by molar-refractivity contribution is 6.32. The van der Waals surface area contributed by atoms with Crippen LogP contribution in [0.3, 0.4) is 0 Å². The third-order valence-electron chi connectivity index (χ3n) is 3.08. The predicted molar refractivity (Wildman–Crippen MR) is 81.2 cm³/mol. The molecule has 0 fully saturated rings. The molecule has 0 radical (unpaired) electrons. The molecule has 20 heavy (non-hydrogen) atoms. The first kappa shape index (κ1) is 14.9. The SMILES string of the molecule is CC(N)Cc1cccc(Cl)c1OCCc1nccn1C. The monoisotopic (exact) mass is 293 g/mol. The van der Waals surface area contributed by atoms with Crippen LogP contribution in [0.2, 0.25) is 5.02 Å². The third-order valence-corrected chi connectivity index (χ3v) is 3.38. The maximum Gasteiger partial charge on any atom is 0.141 e. The molecule has 1 unspecified atom stereocenters. The number of halogens is 1. The Bertz CT molecular complexity index is 566. The highest BCUT2D eigenvalue weighted by Gasteiger charge is 2.10. The molecule has 0 aliphatic carbocycles. The molecule has 108 valence electrons. The zero-order valence-electron chi connectivity index (χ0n) is 11.8. The van der Waals surface area contributed by atoms with E-state index < -0.39 is 0 Å². The average Bonchev–Trinajstić information content (AvgIpc) is 2.78. The van der Waals surface area contributed by atoms with Crippen molar-refractivity contribution >= 4 is 11.6 Å². The van der Waals surface area contributed by atoms with E-state index in [4.69, 9.17) is 22.1 Å². The van der Waals surface area contributed by atoms with Gasteiger partial charge in [-0.3, -0.25) is 0 Å². The summed E-state index contributed by atoms with van der Waals surface area (Å²) in [5.41, 5.74) is 6.91. The number of aromatic nitrogens is 2. The molecule has 4 nitrogen and oxygen atoms in total. The van der Waals surface area contributed by atoms with Gasteiger partial charge in [0.1, 0.15) is 11.6 Å². The summed E-state index contributed by atoms with van der Waals surface area (Å²) in [6.07, 6.45) is 5.20. The van der Waals surface area contributed by atoms with E-state index in [0.717, 1.165) is 30.0 Å². The van der Waals surface area contributed by atoms with Crippen molar-refractivity contribution in [2.24, 2.45) is 12.8 Å². The van der Waals surface area contributed by atoms with E-state index >= 15 is 0 Å². The van der Waals surface area contributed by atoms with Crippen LogP contribution in [0.4, 0.5) is 0 Å². The zero-order chi connectivity index (χ0) is 14.5. The van der Waals surface area contributed by atoms with Gasteiger partial charge in [0.15, 0.2) is 0 Å². The first-order chi connectivity index (χ1) is 9.58. The van der Waals surface area contributed by atoms with Gasteiger partial charge in [0.05, 0.1) is 11.6 Å². The molecule has 0 amide bonds. The highest BCUT2D eigenvalue weighted by atomic mass is 35.5. The standard InChI is InChI=1S/C15H20ClN3O/c1-11(17)10-12-4-3-5-13(16)15(12)20-9-6-14-18-7-8-19(14)2/h3-5,7-8,11H,6,9-10,17H2,1-2H3. The summed E-state index contributed by atoms with van der Waals surface area (Å²) in [6, 6.07) is 5.84. The molecule has 0 bridgehead atoms. The molecule has 0 aliphatic heterocycles. The molecule has 2 aromatic rings. The Kier molecular flexibility index (Phi) is 5.04. The van der Waals surface area contributed by atoms with Gasteiger partial charge in [0, 0.05) is 31.9 Å². The Hall–Kier alpha value is -1.52. The second kappa shape index (κ2) is 6.77. The maximum absolute atomic E-state index is 6.22. The van der Waals surface area contributed by atoms with Crippen LogP contribution in [0.15, 0.2) is 30.6 Å². The van der Waals surface area contributed by atoms with E-state index in [1.54, 1.807) is 6.20 Å². The van der Waals surface area contributed by atoms with Gasteiger partial charge in [-0.15, -0.1) is 0 Å². The van der Waals surface area contributed by atoms with E-state index in [1.807, 2.05) is 42.9 Å². The number of nitrogens with two attached hydrogens (primary N) is 1. The number of benzene rings is 1. The molecule has 1 heterocycles. The Morgan fingerprint density at radius 1 is 1.45 bits per heavy atom. The molecule has 5 heteroatoms. The number of aryl methyl sites for hydroxylation is 1. The average molecular weight is 294 g/mol. The van der Waals surface area contributed by atoms with Crippen LogP contribution in [0.1, 0.15) is 18.3 Å². The summed E-state index contributed by atoms with van der Waals surface area (Å²) < 4.78 is 7.84. The van der Waals surface area contributed by atoms with Crippen LogP contribution >= 0.6 is 11.6 Å². The lowest BCUT2D eigenvalue weighted by atomic mass is 10.1. The molecule has 0 spiro atoms. The van der Waals surface area contributed by atoms with Crippen molar-refractivity contribution in [1.82, 2.24) is 9.55 Å². The first-order valence-corrected chi connectivity index (χ1v) is 7.07. The lowest BCUT2D eigenvalue weighted by Crippen LogP contribution is -2.18. The van der Waals surface area contributed by atoms with Gasteiger partial charge in [-0.05, 0) is 25.0 Å². The number of ether oxygens (including phenoxy) is 1. The van der Waals surface area contributed by atoms with Crippen LogP contribution in [0.25, 0.3) is 0 Å². The quantitative estimate of drug-likeness (QED) is 0.890. The molecule has 1 aromatic heterocycles. The van der Waals surface area contributed by atoms with Gasteiger partial charge >= 0.3 is 0 Å². The summed E-state index contributed by atoms with van der Waals surface area (Å²) in [5, 5.41) is 0.628. The lowest BCUT2D eigenvalue weighted by Gasteiger charge is -2.14. The molecule has 0 aliphatic rings. The van der Waals surface area contributed by atoms with Crippen molar-refractivity contribution in [1.29, 1.82) is 0 Å². The summed E-state index contributed by atoms with van der Waals surface area (Å²) >= 11 is 6.22. The first-order valence-electron chi connectivity index (χ1n) is 6.70. The number of hydrogen-bond donors (Lipinski definition) is 1. The van der Waals surface area contributed by atoms with Crippen molar-refractivity contribution in [3.63, 3.8) is 0 Å². The van der Waals surface area contributed by atoms with E-state index in [-0.39, 0.29) is 6.04 Å². The van der Waals surface area contributed by atoms with Crippen LogP contribution < -0.4 is 10.5 Å². The van der Waals surface area contributed by atoms with Gasteiger partial charge in [0.25, 0.3) is 0 Å². The van der Waals surface area contributed by atoms with Gasteiger partial charge in [-0.1, -0.05) is 23.7 Å². The fraction of sp³-hybridized carbons (Fsp3) is 0.400. The summed E-state index contributed by atoms with van der Waals surface area (Å²) in [4.78, 5) is 4.27. The van der Waals surface area contributed by atoms with Gasteiger partial charge in [-0.2, -0.15) is 0 Å². The number of hydrogen-bond acceptors (Lipinski definition) is 3. The predicted octanol–water partition coefficient (Wildman–Crippen LogP) is 2.58. The second-order valence-electron chi connectivity index (χ2n) is 4.96. The molecule has 2 rings (SSSR count). The third kappa shape index (κ3) is 3.74. The van der Waals surface area contributed by atoms with Gasteiger partial charge < -0.3 is 15.0 Å². The van der Waals surface area contributed by atoms with Crippen molar-refractivity contribution in [2.75, 3.05) is 6.61 Å². The van der Waals surface area contributed by atoms with Crippen molar-refractivity contribution in [3.8, 4) is 5.75 Å². The number of nitrogens with zero attached hydrogens (tertiary/aromatic N) is 2. The van der Waals surface area contributed by atoms with Crippen molar-refractivity contribution < 1.29 is 4.74 Å². The summed E-state index contributed by atoms with van der Waals surface area (Å²) in [6.45, 7) is 2.51. The molecule has 2 N–H and O–H groups in total. The van der Waals surface area contributed by atoms with E-state index in [0.29, 0.717) is 11.6 Å². The van der Waals surface area contributed by atoms with Gasteiger partial charge in [-0.25, -0.2) is 4.98 Å². The molecular formula is C15H20ClN3O. The number of imidazole rings is 1. The Morgan fingerprint density at radius 3 is 2.90 bits per heavy atom. The second-order valence-corrected chi connectivity index (χ2v) is 5.37. The normalized spacial score (nSPS) is 12.4.